The lowest BCUT2D eigenvalue weighted by molar-refractivity contribution is 0.101. The van der Waals surface area contributed by atoms with Gasteiger partial charge in [-0.2, -0.15) is 0 Å². The normalized spacial score (nSPS) is 9.50. The molecule has 0 atom stereocenters. The molecule has 0 fully saturated rings. The maximum atomic E-state index is 11.1. The molecule has 1 aromatic carbocycles. The number of carbonyl (C=O) groups excluding carboxylic acids is 1. The molecule has 0 spiro atoms. The molecule has 0 saturated carbocycles. The summed E-state index contributed by atoms with van der Waals surface area (Å²) in [6.45, 7) is 7.53. The molecule has 84 valence electrons. The second-order valence-corrected chi connectivity index (χ2v) is 3.42. The van der Waals surface area contributed by atoms with Crippen molar-refractivity contribution >= 4 is 16.7 Å². The van der Waals surface area contributed by atoms with Crippen LogP contribution in [0, 0.1) is 6.92 Å². The molecule has 0 saturated heterocycles. The van der Waals surface area contributed by atoms with Crippen molar-refractivity contribution in [3.63, 3.8) is 0 Å². The summed E-state index contributed by atoms with van der Waals surface area (Å²) >= 11 is 0. The molecular formula is C14H17NO. The van der Waals surface area contributed by atoms with Gasteiger partial charge in [0.05, 0.1) is 5.52 Å². The van der Waals surface area contributed by atoms with Gasteiger partial charge in [0.25, 0.3) is 0 Å². The van der Waals surface area contributed by atoms with Crippen LogP contribution in [0.25, 0.3) is 10.9 Å². The van der Waals surface area contributed by atoms with Crippen LogP contribution in [0.1, 0.15) is 36.8 Å². The lowest BCUT2D eigenvalue weighted by Gasteiger charge is -2.00. The highest BCUT2D eigenvalue weighted by atomic mass is 16.1. The van der Waals surface area contributed by atoms with E-state index in [1.54, 1.807) is 6.92 Å². The average molecular weight is 215 g/mol. The molecule has 16 heavy (non-hydrogen) atoms. The smallest absolute Gasteiger partial charge is 0.159 e. The largest absolute Gasteiger partial charge is 0.295 e. The Morgan fingerprint density at radius 2 is 1.81 bits per heavy atom. The van der Waals surface area contributed by atoms with Gasteiger partial charge in [-0.1, -0.05) is 19.9 Å². The molecule has 0 radical (unpaired) electrons. The van der Waals surface area contributed by atoms with E-state index in [0.29, 0.717) is 0 Å². The fourth-order valence-electron chi connectivity index (χ4n) is 1.45. The summed E-state index contributed by atoms with van der Waals surface area (Å²) in [5.41, 5.74) is 2.67. The Balaban J connectivity index is 0.000000606. The Morgan fingerprint density at radius 3 is 2.44 bits per heavy atom. The van der Waals surface area contributed by atoms with E-state index in [2.05, 4.69) is 4.98 Å². The zero-order valence-corrected chi connectivity index (χ0v) is 10.2. The van der Waals surface area contributed by atoms with E-state index in [9.17, 15) is 4.79 Å². The predicted molar refractivity (Wildman–Crippen MR) is 67.8 cm³/mol. The van der Waals surface area contributed by atoms with Gasteiger partial charge in [-0.05, 0) is 38.1 Å². The van der Waals surface area contributed by atoms with Crippen LogP contribution < -0.4 is 0 Å². The molecule has 0 N–H and O–H groups in total. The Bertz CT molecular complexity index is 503. The zero-order valence-electron chi connectivity index (χ0n) is 10.2. The number of rotatable bonds is 1. The number of carbonyl (C=O) groups is 1. The van der Waals surface area contributed by atoms with Crippen molar-refractivity contribution in [2.24, 2.45) is 0 Å². The van der Waals surface area contributed by atoms with Crippen LogP contribution in [-0.2, 0) is 0 Å². The van der Waals surface area contributed by atoms with E-state index in [-0.39, 0.29) is 5.78 Å². The fraction of sp³-hybridized carbons (Fsp3) is 0.286. The first kappa shape index (κ1) is 12.4. The summed E-state index contributed by atoms with van der Waals surface area (Å²) in [6.07, 6.45) is 0. The molecule has 2 rings (SSSR count). The molecule has 2 nitrogen and oxygen atoms in total. The van der Waals surface area contributed by atoms with Gasteiger partial charge in [-0.3, -0.25) is 9.78 Å². The van der Waals surface area contributed by atoms with E-state index in [4.69, 9.17) is 0 Å². The van der Waals surface area contributed by atoms with E-state index in [1.807, 2.05) is 51.1 Å². The summed E-state index contributed by atoms with van der Waals surface area (Å²) < 4.78 is 0. The molecule has 2 aromatic rings. The summed E-state index contributed by atoms with van der Waals surface area (Å²) in [7, 11) is 0. The minimum absolute atomic E-state index is 0.0903. The molecule has 0 aliphatic rings. The molecule has 0 bridgehead atoms. The van der Waals surface area contributed by atoms with Crippen molar-refractivity contribution in [3.05, 3.63) is 41.6 Å². The third-order valence-electron chi connectivity index (χ3n) is 2.23. The Labute approximate surface area is 96.3 Å². The minimum Gasteiger partial charge on any atom is -0.295 e. The number of Topliss-reactive ketones (excluding diaryl/α,β-unsaturated/α-hetero) is 1. The Kier molecular flexibility index (Phi) is 4.18. The predicted octanol–water partition coefficient (Wildman–Crippen LogP) is 3.77. The number of hydrogen-bond donors (Lipinski definition) is 0. The standard InChI is InChI=1S/C12H11NO.C2H6/c1-8-3-4-11-7-10(9(2)14)5-6-12(11)13-8;1-2/h3-7H,1-2H3;1-2H3. The van der Waals surface area contributed by atoms with Crippen molar-refractivity contribution in [1.82, 2.24) is 4.98 Å². The maximum absolute atomic E-state index is 11.1. The lowest BCUT2D eigenvalue weighted by Crippen LogP contribution is -1.92. The van der Waals surface area contributed by atoms with Crippen molar-refractivity contribution in [2.75, 3.05) is 0 Å². The first-order valence-corrected chi connectivity index (χ1v) is 5.55. The number of benzene rings is 1. The topological polar surface area (TPSA) is 30.0 Å². The van der Waals surface area contributed by atoms with Crippen LogP contribution in [0.4, 0.5) is 0 Å². The van der Waals surface area contributed by atoms with Crippen LogP contribution >= 0.6 is 0 Å². The monoisotopic (exact) mass is 215 g/mol. The first-order chi connectivity index (χ1) is 7.66. The lowest BCUT2D eigenvalue weighted by atomic mass is 10.1. The van der Waals surface area contributed by atoms with E-state index in [1.165, 1.54) is 0 Å². The zero-order chi connectivity index (χ0) is 12.1. The molecule has 0 aliphatic heterocycles. The van der Waals surface area contributed by atoms with Gasteiger partial charge in [-0.25, -0.2) is 0 Å². The Morgan fingerprint density at radius 1 is 1.12 bits per heavy atom. The summed E-state index contributed by atoms with van der Waals surface area (Å²) in [4.78, 5) is 15.5. The number of aryl methyl sites for hydroxylation is 1. The van der Waals surface area contributed by atoms with E-state index < -0.39 is 0 Å². The van der Waals surface area contributed by atoms with Crippen molar-refractivity contribution < 1.29 is 4.79 Å². The molecular weight excluding hydrogens is 198 g/mol. The van der Waals surface area contributed by atoms with Crippen molar-refractivity contribution in [2.45, 2.75) is 27.7 Å². The van der Waals surface area contributed by atoms with Gasteiger partial charge in [0.1, 0.15) is 0 Å². The minimum atomic E-state index is 0.0903. The third kappa shape index (κ3) is 2.66. The molecule has 0 amide bonds. The van der Waals surface area contributed by atoms with Gasteiger partial charge in [0.2, 0.25) is 0 Å². The molecule has 0 aliphatic carbocycles. The number of aromatic nitrogens is 1. The number of pyridine rings is 1. The second-order valence-electron chi connectivity index (χ2n) is 3.42. The SMILES string of the molecule is CC.CC(=O)c1ccc2nc(C)ccc2c1. The van der Waals surface area contributed by atoms with Crippen molar-refractivity contribution in [3.8, 4) is 0 Å². The molecule has 1 aromatic heterocycles. The average Bonchev–Trinajstić information content (AvgIpc) is 2.30. The van der Waals surface area contributed by atoms with Gasteiger partial charge in [-0.15, -0.1) is 0 Å². The summed E-state index contributed by atoms with van der Waals surface area (Å²) in [5, 5.41) is 1.02. The fourth-order valence-corrected chi connectivity index (χ4v) is 1.45. The van der Waals surface area contributed by atoms with Gasteiger partial charge >= 0.3 is 0 Å². The quantitative estimate of drug-likeness (QED) is 0.678. The van der Waals surface area contributed by atoms with Crippen molar-refractivity contribution in [1.29, 1.82) is 0 Å². The Hall–Kier alpha value is -1.70. The highest BCUT2D eigenvalue weighted by Crippen LogP contribution is 2.14. The van der Waals surface area contributed by atoms with E-state index >= 15 is 0 Å². The number of ketones is 1. The van der Waals surface area contributed by atoms with Gasteiger partial charge in [0.15, 0.2) is 5.78 Å². The summed E-state index contributed by atoms with van der Waals surface area (Å²) in [5.74, 6) is 0.0903. The number of hydrogen-bond acceptors (Lipinski definition) is 2. The molecule has 0 unspecified atom stereocenters. The third-order valence-corrected chi connectivity index (χ3v) is 2.23. The number of fused-ring (bicyclic) bond motifs is 1. The van der Waals surface area contributed by atoms with Crippen LogP contribution in [-0.4, -0.2) is 10.8 Å². The number of nitrogens with zero attached hydrogens (tertiary/aromatic N) is 1. The maximum Gasteiger partial charge on any atom is 0.159 e. The van der Waals surface area contributed by atoms with E-state index in [0.717, 1.165) is 22.2 Å². The van der Waals surface area contributed by atoms with Crippen LogP contribution in [0.2, 0.25) is 0 Å². The van der Waals surface area contributed by atoms with Crippen LogP contribution in [0.5, 0.6) is 0 Å². The van der Waals surface area contributed by atoms with Gasteiger partial charge < -0.3 is 0 Å². The highest BCUT2D eigenvalue weighted by molar-refractivity contribution is 5.97. The first-order valence-electron chi connectivity index (χ1n) is 5.55. The summed E-state index contributed by atoms with van der Waals surface area (Å²) in [6, 6.07) is 9.52. The van der Waals surface area contributed by atoms with Crippen LogP contribution in [0.3, 0.4) is 0 Å². The van der Waals surface area contributed by atoms with Crippen LogP contribution in [0.15, 0.2) is 30.3 Å². The second kappa shape index (κ2) is 5.40. The molecule has 1 heterocycles. The molecule has 2 heteroatoms. The highest BCUT2D eigenvalue weighted by Gasteiger charge is 2.01. The van der Waals surface area contributed by atoms with Gasteiger partial charge in [0, 0.05) is 16.6 Å².